The Hall–Kier alpha value is -1.48. The molecule has 16 heavy (non-hydrogen) atoms. The number of hydrogen-bond donors (Lipinski definition) is 1. The summed E-state index contributed by atoms with van der Waals surface area (Å²) in [6, 6.07) is 8.06. The van der Waals surface area contributed by atoms with Gasteiger partial charge in [0.05, 0.1) is 16.7 Å². The van der Waals surface area contributed by atoms with Crippen LogP contribution in [0, 0.1) is 0 Å². The summed E-state index contributed by atoms with van der Waals surface area (Å²) in [6.07, 6.45) is 4.29. The summed E-state index contributed by atoms with van der Waals surface area (Å²) in [6.45, 7) is 2.19. The van der Waals surface area contributed by atoms with Crippen LogP contribution in [-0.2, 0) is 0 Å². The average molecular weight is 213 g/mol. The molecule has 1 N–H and O–H groups in total. The van der Waals surface area contributed by atoms with Gasteiger partial charge in [-0.15, -0.1) is 0 Å². The third-order valence-electron chi connectivity index (χ3n) is 3.22. The maximum absolute atomic E-state index is 4.71. The molecule has 3 heteroatoms. The summed E-state index contributed by atoms with van der Waals surface area (Å²) in [5.74, 6) is 0.582. The van der Waals surface area contributed by atoms with Gasteiger partial charge in [-0.25, -0.2) is 4.98 Å². The molecule has 0 bridgehead atoms. The van der Waals surface area contributed by atoms with Gasteiger partial charge < -0.3 is 5.32 Å². The number of rotatable bonds is 1. The monoisotopic (exact) mass is 213 g/mol. The first kappa shape index (κ1) is 9.73. The third-order valence-corrected chi connectivity index (χ3v) is 3.22. The van der Waals surface area contributed by atoms with E-state index in [2.05, 4.69) is 10.3 Å². The van der Waals surface area contributed by atoms with Gasteiger partial charge in [0.2, 0.25) is 0 Å². The van der Waals surface area contributed by atoms with Crippen molar-refractivity contribution in [1.82, 2.24) is 15.3 Å². The molecule has 0 unspecified atom stereocenters. The molecule has 1 saturated heterocycles. The maximum Gasteiger partial charge on any atom is 0.0890 e. The van der Waals surface area contributed by atoms with Crippen LogP contribution < -0.4 is 5.32 Å². The Balaban J connectivity index is 1.97. The summed E-state index contributed by atoms with van der Waals surface area (Å²) in [5.41, 5.74) is 3.15. The molecule has 0 saturated carbocycles. The minimum Gasteiger partial charge on any atom is -0.317 e. The number of benzene rings is 1. The van der Waals surface area contributed by atoms with Gasteiger partial charge in [0.1, 0.15) is 0 Å². The van der Waals surface area contributed by atoms with E-state index in [-0.39, 0.29) is 0 Å². The van der Waals surface area contributed by atoms with E-state index in [1.54, 1.807) is 0 Å². The second-order valence-corrected chi connectivity index (χ2v) is 4.31. The van der Waals surface area contributed by atoms with Crippen molar-refractivity contribution >= 4 is 11.0 Å². The van der Waals surface area contributed by atoms with Crippen molar-refractivity contribution in [3.05, 3.63) is 36.2 Å². The summed E-state index contributed by atoms with van der Waals surface area (Å²) in [4.78, 5) is 9.18. The third kappa shape index (κ3) is 1.78. The zero-order chi connectivity index (χ0) is 10.8. The van der Waals surface area contributed by atoms with Crippen molar-refractivity contribution in [3.63, 3.8) is 0 Å². The van der Waals surface area contributed by atoms with Crippen molar-refractivity contribution in [3.8, 4) is 0 Å². The van der Waals surface area contributed by atoms with Crippen molar-refractivity contribution in [2.24, 2.45) is 0 Å². The molecule has 1 aromatic heterocycles. The van der Waals surface area contributed by atoms with Crippen LogP contribution in [0.2, 0.25) is 0 Å². The molecular formula is C13H15N3. The predicted molar refractivity (Wildman–Crippen MR) is 64.4 cm³/mol. The zero-order valence-corrected chi connectivity index (χ0v) is 9.19. The van der Waals surface area contributed by atoms with Gasteiger partial charge in [0, 0.05) is 12.1 Å². The highest BCUT2D eigenvalue weighted by Gasteiger charge is 2.16. The molecule has 0 atom stereocenters. The summed E-state index contributed by atoms with van der Waals surface area (Å²) in [7, 11) is 0. The molecule has 2 aromatic rings. The van der Waals surface area contributed by atoms with E-state index in [1.807, 2.05) is 30.5 Å². The van der Waals surface area contributed by atoms with E-state index in [9.17, 15) is 0 Å². The molecule has 1 fully saturated rings. The van der Waals surface area contributed by atoms with Crippen LogP contribution in [0.15, 0.2) is 30.5 Å². The molecule has 2 heterocycles. The second kappa shape index (κ2) is 4.18. The smallest absolute Gasteiger partial charge is 0.0890 e. The molecule has 0 spiro atoms. The normalized spacial score (nSPS) is 17.8. The molecule has 0 aliphatic carbocycles. The topological polar surface area (TPSA) is 37.8 Å². The summed E-state index contributed by atoms with van der Waals surface area (Å²) < 4.78 is 0. The number of para-hydroxylation sites is 2. The molecule has 0 radical (unpaired) electrons. The van der Waals surface area contributed by atoms with E-state index in [0.717, 1.165) is 29.8 Å². The van der Waals surface area contributed by atoms with Crippen LogP contribution in [0.3, 0.4) is 0 Å². The SMILES string of the molecule is c1ccc2nc(C3CCNCC3)cnc2c1. The van der Waals surface area contributed by atoms with Crippen LogP contribution in [0.25, 0.3) is 11.0 Å². The van der Waals surface area contributed by atoms with Crippen LogP contribution in [0.1, 0.15) is 24.5 Å². The van der Waals surface area contributed by atoms with Crippen LogP contribution >= 0.6 is 0 Å². The van der Waals surface area contributed by atoms with Crippen molar-refractivity contribution in [2.75, 3.05) is 13.1 Å². The van der Waals surface area contributed by atoms with Gasteiger partial charge in [-0.3, -0.25) is 4.98 Å². The van der Waals surface area contributed by atoms with Crippen LogP contribution in [-0.4, -0.2) is 23.1 Å². The average Bonchev–Trinajstić information content (AvgIpc) is 2.39. The Kier molecular flexibility index (Phi) is 2.54. The lowest BCUT2D eigenvalue weighted by Gasteiger charge is -2.21. The van der Waals surface area contributed by atoms with E-state index < -0.39 is 0 Å². The highest BCUT2D eigenvalue weighted by atomic mass is 14.9. The summed E-state index contributed by atoms with van der Waals surface area (Å²) >= 11 is 0. The first-order valence-corrected chi connectivity index (χ1v) is 5.86. The van der Waals surface area contributed by atoms with Gasteiger partial charge in [0.15, 0.2) is 0 Å². The standard InChI is InChI=1S/C13H15N3/c1-2-4-12-11(3-1)15-9-13(16-12)10-5-7-14-8-6-10/h1-4,9-10,14H,5-8H2. The van der Waals surface area contributed by atoms with Crippen molar-refractivity contribution in [2.45, 2.75) is 18.8 Å². The molecule has 1 aliphatic rings. The minimum atomic E-state index is 0.582. The molecule has 3 nitrogen and oxygen atoms in total. The lowest BCUT2D eigenvalue weighted by atomic mass is 9.95. The Morgan fingerprint density at radius 2 is 1.81 bits per heavy atom. The van der Waals surface area contributed by atoms with Crippen LogP contribution in [0.5, 0.6) is 0 Å². The first-order chi connectivity index (χ1) is 7.93. The fourth-order valence-electron chi connectivity index (χ4n) is 2.29. The van der Waals surface area contributed by atoms with Crippen LogP contribution in [0.4, 0.5) is 0 Å². The number of aromatic nitrogens is 2. The lowest BCUT2D eigenvalue weighted by Crippen LogP contribution is -2.27. The van der Waals surface area contributed by atoms with Gasteiger partial charge >= 0.3 is 0 Å². The highest BCUT2D eigenvalue weighted by molar-refractivity contribution is 5.73. The Labute approximate surface area is 94.9 Å². The molecule has 82 valence electrons. The number of nitrogens with zero attached hydrogens (tertiary/aromatic N) is 2. The van der Waals surface area contributed by atoms with Gasteiger partial charge in [-0.1, -0.05) is 12.1 Å². The Morgan fingerprint density at radius 1 is 1.06 bits per heavy atom. The number of piperidine rings is 1. The number of nitrogens with one attached hydrogen (secondary N) is 1. The first-order valence-electron chi connectivity index (χ1n) is 5.86. The van der Waals surface area contributed by atoms with E-state index >= 15 is 0 Å². The highest BCUT2D eigenvalue weighted by Crippen LogP contribution is 2.24. The molecule has 1 aliphatic heterocycles. The lowest BCUT2D eigenvalue weighted by molar-refractivity contribution is 0.453. The second-order valence-electron chi connectivity index (χ2n) is 4.31. The fourth-order valence-corrected chi connectivity index (χ4v) is 2.29. The number of fused-ring (bicyclic) bond motifs is 1. The predicted octanol–water partition coefficient (Wildman–Crippen LogP) is 2.10. The van der Waals surface area contributed by atoms with E-state index in [0.29, 0.717) is 5.92 Å². The van der Waals surface area contributed by atoms with E-state index in [1.165, 1.54) is 12.8 Å². The van der Waals surface area contributed by atoms with Gasteiger partial charge in [-0.05, 0) is 38.1 Å². The van der Waals surface area contributed by atoms with Crippen molar-refractivity contribution in [1.29, 1.82) is 0 Å². The fraction of sp³-hybridized carbons (Fsp3) is 0.385. The minimum absolute atomic E-state index is 0.582. The number of hydrogen-bond acceptors (Lipinski definition) is 3. The van der Waals surface area contributed by atoms with E-state index in [4.69, 9.17) is 4.98 Å². The largest absolute Gasteiger partial charge is 0.317 e. The molecule has 3 rings (SSSR count). The van der Waals surface area contributed by atoms with Crippen molar-refractivity contribution < 1.29 is 0 Å². The Morgan fingerprint density at radius 3 is 2.62 bits per heavy atom. The Bertz CT molecular complexity index is 489. The molecule has 1 aromatic carbocycles. The molecular weight excluding hydrogens is 198 g/mol. The van der Waals surface area contributed by atoms with Gasteiger partial charge in [-0.2, -0.15) is 0 Å². The zero-order valence-electron chi connectivity index (χ0n) is 9.19. The maximum atomic E-state index is 4.71. The summed E-state index contributed by atoms with van der Waals surface area (Å²) in [5, 5.41) is 3.37. The molecule has 0 amide bonds. The quantitative estimate of drug-likeness (QED) is 0.788. The van der Waals surface area contributed by atoms with Gasteiger partial charge in [0.25, 0.3) is 0 Å².